The Bertz CT molecular complexity index is 615. The minimum absolute atomic E-state index is 0.00221. The van der Waals surface area contributed by atoms with Gasteiger partial charge >= 0.3 is 0 Å². The van der Waals surface area contributed by atoms with Crippen molar-refractivity contribution in [1.29, 1.82) is 0 Å². The summed E-state index contributed by atoms with van der Waals surface area (Å²) in [5.74, 6) is -2.29. The van der Waals surface area contributed by atoms with Crippen molar-refractivity contribution >= 4 is 6.29 Å². The average Bonchev–Trinajstić information content (AvgIpc) is 2.78. The number of rotatable bonds is 5. The van der Waals surface area contributed by atoms with Crippen molar-refractivity contribution in [2.24, 2.45) is 7.05 Å². The summed E-state index contributed by atoms with van der Waals surface area (Å²) in [5, 5.41) is 4.22. The number of carbonyl (C=O) groups excluding carboxylic acids is 1. The maximum atomic E-state index is 13.6. The minimum atomic E-state index is -0.898. The summed E-state index contributed by atoms with van der Waals surface area (Å²) < 4.78 is 34.0. The molecule has 2 aromatic rings. The number of ether oxygens (including phenoxy) is 1. The Balaban J connectivity index is 2.18. The van der Waals surface area contributed by atoms with Gasteiger partial charge in [-0.3, -0.25) is 9.48 Å². The van der Waals surface area contributed by atoms with Gasteiger partial charge in [-0.15, -0.1) is 0 Å². The number of hydrogen-bond donors (Lipinski definition) is 0. The largest absolute Gasteiger partial charge is 0.481 e. The topological polar surface area (TPSA) is 44.1 Å². The third-order valence-corrected chi connectivity index (χ3v) is 2.91. The van der Waals surface area contributed by atoms with Gasteiger partial charge in [0.2, 0.25) is 0 Å². The van der Waals surface area contributed by atoms with E-state index in [9.17, 15) is 13.6 Å². The zero-order valence-electron chi connectivity index (χ0n) is 11.2. The molecule has 0 N–H and O–H groups in total. The number of halogens is 2. The molecule has 6 heteroatoms. The van der Waals surface area contributed by atoms with E-state index in [0.29, 0.717) is 12.0 Å². The molecule has 4 nitrogen and oxygen atoms in total. The summed E-state index contributed by atoms with van der Waals surface area (Å²) in [5.41, 5.74) is 1.52. The van der Waals surface area contributed by atoms with Crippen LogP contribution in [0.5, 0.6) is 5.75 Å². The lowest BCUT2D eigenvalue weighted by Crippen LogP contribution is -2.05. The molecular weight excluding hydrogens is 266 g/mol. The van der Waals surface area contributed by atoms with Crippen LogP contribution in [0, 0.1) is 11.6 Å². The first-order valence-electron chi connectivity index (χ1n) is 6.14. The number of nitrogens with zero attached hydrogens (tertiary/aromatic N) is 2. The SMILES string of the molecule is CCc1cc(COc2c(F)cc(C=O)cc2F)n(C)n1. The van der Waals surface area contributed by atoms with Gasteiger partial charge in [0.05, 0.1) is 11.4 Å². The van der Waals surface area contributed by atoms with Crippen LogP contribution in [-0.2, 0) is 20.1 Å². The second-order valence-electron chi connectivity index (χ2n) is 4.32. The lowest BCUT2D eigenvalue weighted by atomic mass is 10.2. The van der Waals surface area contributed by atoms with E-state index < -0.39 is 17.4 Å². The molecule has 0 bridgehead atoms. The van der Waals surface area contributed by atoms with Gasteiger partial charge in [-0.2, -0.15) is 5.10 Å². The van der Waals surface area contributed by atoms with E-state index in [-0.39, 0.29) is 12.2 Å². The van der Waals surface area contributed by atoms with Crippen molar-refractivity contribution in [3.05, 3.63) is 46.8 Å². The normalized spacial score (nSPS) is 10.6. The molecule has 0 spiro atoms. The minimum Gasteiger partial charge on any atom is -0.481 e. The molecule has 106 valence electrons. The molecule has 1 aromatic carbocycles. The van der Waals surface area contributed by atoms with Crippen LogP contribution in [0.25, 0.3) is 0 Å². The monoisotopic (exact) mass is 280 g/mol. The van der Waals surface area contributed by atoms with E-state index in [0.717, 1.165) is 24.2 Å². The number of aromatic nitrogens is 2. The highest BCUT2D eigenvalue weighted by Crippen LogP contribution is 2.23. The lowest BCUT2D eigenvalue weighted by Gasteiger charge is -2.08. The third kappa shape index (κ3) is 2.84. The van der Waals surface area contributed by atoms with Crippen LogP contribution in [0.2, 0.25) is 0 Å². The Morgan fingerprint density at radius 3 is 2.45 bits per heavy atom. The Morgan fingerprint density at radius 1 is 1.30 bits per heavy atom. The second-order valence-corrected chi connectivity index (χ2v) is 4.32. The van der Waals surface area contributed by atoms with Gasteiger partial charge in [-0.1, -0.05) is 6.92 Å². The van der Waals surface area contributed by atoms with Crippen molar-refractivity contribution in [3.8, 4) is 5.75 Å². The predicted octanol–water partition coefficient (Wildman–Crippen LogP) is 2.65. The molecule has 20 heavy (non-hydrogen) atoms. The first-order valence-corrected chi connectivity index (χ1v) is 6.14. The number of aryl methyl sites for hydroxylation is 2. The van der Waals surface area contributed by atoms with Crippen molar-refractivity contribution in [2.45, 2.75) is 20.0 Å². The molecule has 0 aliphatic heterocycles. The number of benzene rings is 1. The molecule has 0 fully saturated rings. The van der Waals surface area contributed by atoms with E-state index >= 15 is 0 Å². The Labute approximate surface area is 115 Å². The van der Waals surface area contributed by atoms with Crippen molar-refractivity contribution in [3.63, 3.8) is 0 Å². The molecule has 0 saturated carbocycles. The zero-order valence-corrected chi connectivity index (χ0v) is 11.2. The number of carbonyl (C=O) groups is 1. The van der Waals surface area contributed by atoms with Crippen LogP contribution in [0.3, 0.4) is 0 Å². The summed E-state index contributed by atoms with van der Waals surface area (Å²) in [6.07, 6.45) is 1.15. The van der Waals surface area contributed by atoms with Crippen LogP contribution in [0.15, 0.2) is 18.2 Å². The molecular formula is C14H14F2N2O2. The standard InChI is InChI=1S/C14H14F2N2O2/c1-3-10-6-11(18(2)17-10)8-20-14-12(15)4-9(7-19)5-13(14)16/h4-7H,3,8H2,1-2H3. The van der Waals surface area contributed by atoms with E-state index in [1.165, 1.54) is 0 Å². The van der Waals surface area contributed by atoms with E-state index in [1.807, 2.05) is 13.0 Å². The average molecular weight is 280 g/mol. The molecule has 0 amide bonds. The Kier molecular flexibility index (Phi) is 4.12. The van der Waals surface area contributed by atoms with Crippen LogP contribution < -0.4 is 4.74 Å². The fourth-order valence-electron chi connectivity index (χ4n) is 1.81. The predicted molar refractivity (Wildman–Crippen MR) is 68.7 cm³/mol. The molecule has 1 heterocycles. The Morgan fingerprint density at radius 2 is 1.95 bits per heavy atom. The summed E-state index contributed by atoms with van der Waals surface area (Å²) in [6.45, 7) is 1.96. The molecule has 0 radical (unpaired) electrons. The summed E-state index contributed by atoms with van der Waals surface area (Å²) in [6, 6.07) is 3.69. The third-order valence-electron chi connectivity index (χ3n) is 2.91. The van der Waals surface area contributed by atoms with Gasteiger partial charge in [0.1, 0.15) is 12.9 Å². The molecule has 2 rings (SSSR count). The van der Waals surface area contributed by atoms with Crippen LogP contribution in [0.4, 0.5) is 8.78 Å². The van der Waals surface area contributed by atoms with E-state index in [4.69, 9.17) is 4.74 Å². The van der Waals surface area contributed by atoms with Crippen molar-refractivity contribution in [1.82, 2.24) is 9.78 Å². The van der Waals surface area contributed by atoms with Gasteiger partial charge in [-0.05, 0) is 24.6 Å². The maximum Gasteiger partial charge on any atom is 0.191 e. The summed E-state index contributed by atoms with van der Waals surface area (Å²) in [7, 11) is 1.74. The van der Waals surface area contributed by atoms with E-state index in [1.54, 1.807) is 11.7 Å². The zero-order chi connectivity index (χ0) is 14.7. The number of hydrogen-bond acceptors (Lipinski definition) is 3. The fraction of sp³-hybridized carbons (Fsp3) is 0.286. The van der Waals surface area contributed by atoms with Crippen LogP contribution >= 0.6 is 0 Å². The molecule has 0 atom stereocenters. The smallest absolute Gasteiger partial charge is 0.191 e. The summed E-state index contributed by atoms with van der Waals surface area (Å²) >= 11 is 0. The van der Waals surface area contributed by atoms with E-state index in [2.05, 4.69) is 5.10 Å². The highest BCUT2D eigenvalue weighted by atomic mass is 19.1. The van der Waals surface area contributed by atoms with Crippen LogP contribution in [0.1, 0.15) is 28.7 Å². The molecule has 0 saturated heterocycles. The maximum absolute atomic E-state index is 13.6. The van der Waals surface area contributed by atoms with Gasteiger partial charge in [0, 0.05) is 12.6 Å². The van der Waals surface area contributed by atoms with Gasteiger partial charge in [-0.25, -0.2) is 8.78 Å². The first-order chi connectivity index (χ1) is 9.55. The first kappa shape index (κ1) is 14.2. The highest BCUT2D eigenvalue weighted by molar-refractivity contribution is 5.75. The second kappa shape index (κ2) is 5.81. The quantitative estimate of drug-likeness (QED) is 0.791. The van der Waals surface area contributed by atoms with Crippen molar-refractivity contribution < 1.29 is 18.3 Å². The lowest BCUT2D eigenvalue weighted by molar-refractivity contribution is 0.112. The van der Waals surface area contributed by atoms with Gasteiger partial charge in [0.15, 0.2) is 17.4 Å². The summed E-state index contributed by atoms with van der Waals surface area (Å²) in [4.78, 5) is 10.5. The molecule has 1 aromatic heterocycles. The van der Waals surface area contributed by atoms with Crippen molar-refractivity contribution in [2.75, 3.05) is 0 Å². The Hall–Kier alpha value is -2.24. The van der Waals surface area contributed by atoms with Gasteiger partial charge < -0.3 is 4.74 Å². The van der Waals surface area contributed by atoms with Crippen LogP contribution in [-0.4, -0.2) is 16.1 Å². The molecule has 0 aliphatic carbocycles. The number of aldehydes is 1. The highest BCUT2D eigenvalue weighted by Gasteiger charge is 2.14. The fourth-order valence-corrected chi connectivity index (χ4v) is 1.81. The molecule has 0 aliphatic rings. The molecule has 0 unspecified atom stereocenters. The van der Waals surface area contributed by atoms with Gasteiger partial charge in [0.25, 0.3) is 0 Å².